The van der Waals surface area contributed by atoms with Gasteiger partial charge in [0, 0.05) is 13.0 Å². The molecule has 0 fully saturated rings. The highest BCUT2D eigenvalue weighted by molar-refractivity contribution is 5.73. The van der Waals surface area contributed by atoms with Gasteiger partial charge in [0.25, 0.3) is 0 Å². The van der Waals surface area contributed by atoms with Crippen LogP contribution < -0.4 is 10.1 Å². The zero-order valence-electron chi connectivity index (χ0n) is 10.1. The predicted octanol–water partition coefficient (Wildman–Crippen LogP) is 2.15. The van der Waals surface area contributed by atoms with Gasteiger partial charge in [-0.15, -0.1) is 0 Å². The summed E-state index contributed by atoms with van der Waals surface area (Å²) in [5.74, 6) is 0.900. The van der Waals surface area contributed by atoms with Gasteiger partial charge in [0.15, 0.2) is 0 Å². The van der Waals surface area contributed by atoms with E-state index in [4.69, 9.17) is 4.74 Å². The molecule has 0 aromatic heterocycles. The molecule has 0 aliphatic rings. The Bertz CT molecular complexity index is 332. The number of hydrogen-bond acceptors (Lipinski definition) is 2. The summed E-state index contributed by atoms with van der Waals surface area (Å²) in [6, 6.07) is 8.14. The Balaban J connectivity index is 2.51. The molecule has 1 rings (SSSR count). The first kappa shape index (κ1) is 12.6. The van der Waals surface area contributed by atoms with E-state index < -0.39 is 0 Å². The van der Waals surface area contributed by atoms with E-state index in [1.54, 1.807) is 0 Å². The lowest BCUT2D eigenvalue weighted by molar-refractivity contribution is -0.119. The summed E-state index contributed by atoms with van der Waals surface area (Å²) in [6.45, 7) is 6.18. The predicted molar refractivity (Wildman–Crippen MR) is 64.6 cm³/mol. The second kappa shape index (κ2) is 6.16. The number of nitrogens with one attached hydrogen (secondary N) is 1. The van der Waals surface area contributed by atoms with Crippen LogP contribution in [0.5, 0.6) is 5.75 Å². The van der Waals surface area contributed by atoms with Crippen molar-refractivity contribution < 1.29 is 9.53 Å². The third-order valence-corrected chi connectivity index (χ3v) is 2.23. The van der Waals surface area contributed by atoms with E-state index in [1.165, 1.54) is 12.5 Å². The van der Waals surface area contributed by atoms with Crippen molar-refractivity contribution in [3.8, 4) is 5.75 Å². The van der Waals surface area contributed by atoms with E-state index in [-0.39, 0.29) is 11.9 Å². The van der Waals surface area contributed by atoms with Crippen LogP contribution in [-0.4, -0.2) is 18.6 Å². The van der Waals surface area contributed by atoms with Crippen LogP contribution in [0.1, 0.15) is 26.3 Å². The standard InChI is InChI=1S/C13H19NO2/c1-4-16-13-7-5-12(6-8-13)9-10(2)14-11(3)15/h5-8,10H,4,9H2,1-3H3,(H,14,15). The molecule has 3 heteroatoms. The zero-order chi connectivity index (χ0) is 12.0. The van der Waals surface area contributed by atoms with Crippen molar-refractivity contribution in [1.82, 2.24) is 5.32 Å². The smallest absolute Gasteiger partial charge is 0.217 e. The van der Waals surface area contributed by atoms with E-state index in [2.05, 4.69) is 5.32 Å². The first-order valence-corrected chi connectivity index (χ1v) is 5.60. The minimum Gasteiger partial charge on any atom is -0.494 e. The molecule has 0 aliphatic carbocycles. The topological polar surface area (TPSA) is 38.3 Å². The van der Waals surface area contributed by atoms with Crippen LogP contribution in [0.25, 0.3) is 0 Å². The molecule has 1 atom stereocenters. The van der Waals surface area contributed by atoms with Crippen LogP contribution >= 0.6 is 0 Å². The van der Waals surface area contributed by atoms with Gasteiger partial charge in [-0.2, -0.15) is 0 Å². The quantitative estimate of drug-likeness (QED) is 0.827. The Kier molecular flexibility index (Phi) is 4.83. The molecular weight excluding hydrogens is 202 g/mol. The molecule has 1 amide bonds. The lowest BCUT2D eigenvalue weighted by Crippen LogP contribution is -2.31. The van der Waals surface area contributed by atoms with Crippen molar-refractivity contribution in [3.05, 3.63) is 29.8 Å². The van der Waals surface area contributed by atoms with Crippen molar-refractivity contribution >= 4 is 5.91 Å². The average Bonchev–Trinajstić information content (AvgIpc) is 2.20. The molecule has 88 valence electrons. The first-order valence-electron chi connectivity index (χ1n) is 5.60. The SMILES string of the molecule is CCOc1ccc(CC(C)NC(C)=O)cc1. The molecule has 3 nitrogen and oxygen atoms in total. The van der Waals surface area contributed by atoms with E-state index in [9.17, 15) is 4.79 Å². The number of carbonyl (C=O) groups excluding carboxylic acids is 1. The summed E-state index contributed by atoms with van der Waals surface area (Å²) in [4.78, 5) is 10.9. The Hall–Kier alpha value is -1.51. The number of hydrogen-bond donors (Lipinski definition) is 1. The van der Waals surface area contributed by atoms with Crippen LogP contribution in [0.3, 0.4) is 0 Å². The van der Waals surface area contributed by atoms with Crippen molar-refractivity contribution in [2.45, 2.75) is 33.2 Å². The normalized spacial score (nSPS) is 11.9. The number of ether oxygens (including phenoxy) is 1. The number of benzene rings is 1. The molecular formula is C13H19NO2. The fourth-order valence-electron chi connectivity index (χ4n) is 1.64. The molecule has 0 bridgehead atoms. The van der Waals surface area contributed by atoms with Crippen molar-refractivity contribution in [2.75, 3.05) is 6.61 Å². The lowest BCUT2D eigenvalue weighted by atomic mass is 10.1. The molecule has 0 saturated carbocycles. The fourth-order valence-corrected chi connectivity index (χ4v) is 1.64. The Morgan fingerprint density at radius 1 is 1.38 bits per heavy atom. The van der Waals surface area contributed by atoms with E-state index >= 15 is 0 Å². The maximum atomic E-state index is 10.9. The van der Waals surface area contributed by atoms with Gasteiger partial charge in [-0.3, -0.25) is 4.79 Å². The number of amides is 1. The molecule has 1 aromatic carbocycles. The van der Waals surface area contributed by atoms with E-state index in [0.717, 1.165) is 12.2 Å². The lowest BCUT2D eigenvalue weighted by Gasteiger charge is -2.12. The fraction of sp³-hybridized carbons (Fsp3) is 0.462. The van der Waals surface area contributed by atoms with Crippen LogP contribution in [-0.2, 0) is 11.2 Å². The number of rotatable bonds is 5. The largest absolute Gasteiger partial charge is 0.494 e. The Morgan fingerprint density at radius 3 is 2.50 bits per heavy atom. The van der Waals surface area contributed by atoms with Crippen molar-refractivity contribution in [1.29, 1.82) is 0 Å². The van der Waals surface area contributed by atoms with Gasteiger partial charge in [0.05, 0.1) is 6.61 Å². The zero-order valence-corrected chi connectivity index (χ0v) is 10.1. The van der Waals surface area contributed by atoms with E-state index in [1.807, 2.05) is 38.1 Å². The Morgan fingerprint density at radius 2 is 2.00 bits per heavy atom. The first-order chi connectivity index (χ1) is 7.61. The van der Waals surface area contributed by atoms with Crippen LogP contribution in [0.15, 0.2) is 24.3 Å². The molecule has 1 N–H and O–H groups in total. The van der Waals surface area contributed by atoms with Crippen molar-refractivity contribution in [2.24, 2.45) is 0 Å². The molecule has 0 aliphatic heterocycles. The summed E-state index contributed by atoms with van der Waals surface area (Å²) in [5.41, 5.74) is 1.20. The molecule has 1 aromatic rings. The summed E-state index contributed by atoms with van der Waals surface area (Å²) < 4.78 is 5.36. The molecule has 0 radical (unpaired) electrons. The van der Waals surface area contributed by atoms with Crippen LogP contribution in [0.4, 0.5) is 0 Å². The summed E-state index contributed by atoms with van der Waals surface area (Å²) in [6.07, 6.45) is 0.839. The summed E-state index contributed by atoms with van der Waals surface area (Å²) in [7, 11) is 0. The second-order valence-electron chi connectivity index (χ2n) is 3.88. The van der Waals surface area contributed by atoms with Crippen LogP contribution in [0.2, 0.25) is 0 Å². The molecule has 16 heavy (non-hydrogen) atoms. The number of carbonyl (C=O) groups is 1. The van der Waals surface area contributed by atoms with Gasteiger partial charge in [0.1, 0.15) is 5.75 Å². The highest BCUT2D eigenvalue weighted by Crippen LogP contribution is 2.13. The van der Waals surface area contributed by atoms with Gasteiger partial charge in [-0.1, -0.05) is 12.1 Å². The highest BCUT2D eigenvalue weighted by atomic mass is 16.5. The highest BCUT2D eigenvalue weighted by Gasteiger charge is 2.04. The van der Waals surface area contributed by atoms with Gasteiger partial charge in [-0.25, -0.2) is 0 Å². The maximum absolute atomic E-state index is 10.9. The minimum absolute atomic E-state index is 0.0124. The maximum Gasteiger partial charge on any atom is 0.217 e. The molecule has 1 unspecified atom stereocenters. The monoisotopic (exact) mass is 221 g/mol. The molecule has 0 heterocycles. The van der Waals surface area contributed by atoms with Gasteiger partial charge in [0.2, 0.25) is 5.91 Å². The third kappa shape index (κ3) is 4.34. The van der Waals surface area contributed by atoms with Crippen molar-refractivity contribution in [3.63, 3.8) is 0 Å². The van der Waals surface area contributed by atoms with Gasteiger partial charge in [-0.05, 0) is 38.0 Å². The van der Waals surface area contributed by atoms with Crippen LogP contribution in [0, 0.1) is 0 Å². The summed E-state index contributed by atoms with van der Waals surface area (Å²) >= 11 is 0. The van der Waals surface area contributed by atoms with Gasteiger partial charge < -0.3 is 10.1 Å². The third-order valence-electron chi connectivity index (χ3n) is 2.23. The Labute approximate surface area is 96.8 Å². The second-order valence-corrected chi connectivity index (χ2v) is 3.88. The minimum atomic E-state index is 0.0124. The molecule has 0 spiro atoms. The van der Waals surface area contributed by atoms with Gasteiger partial charge >= 0.3 is 0 Å². The van der Waals surface area contributed by atoms with E-state index in [0.29, 0.717) is 6.61 Å². The molecule has 0 saturated heterocycles. The summed E-state index contributed by atoms with van der Waals surface area (Å²) in [5, 5.41) is 2.86. The average molecular weight is 221 g/mol.